The minimum atomic E-state index is -3.85. The highest BCUT2D eigenvalue weighted by Crippen LogP contribution is 2.17. The van der Waals surface area contributed by atoms with Crippen molar-refractivity contribution >= 4 is 21.6 Å². The molecule has 1 amide bonds. The van der Waals surface area contributed by atoms with Crippen LogP contribution < -0.4 is 10.0 Å². The van der Waals surface area contributed by atoms with Gasteiger partial charge in [0, 0.05) is 17.3 Å². The maximum Gasteiger partial charge on any atom is 0.255 e. The van der Waals surface area contributed by atoms with Crippen molar-refractivity contribution in [3.05, 3.63) is 83.8 Å². The maximum absolute atomic E-state index is 13.2. The van der Waals surface area contributed by atoms with E-state index < -0.39 is 27.6 Å². The van der Waals surface area contributed by atoms with Crippen molar-refractivity contribution in [3.8, 4) is 0 Å². The zero-order chi connectivity index (χ0) is 19.4. The van der Waals surface area contributed by atoms with Crippen molar-refractivity contribution in [3.63, 3.8) is 0 Å². The Morgan fingerprint density at radius 3 is 2.41 bits per heavy atom. The van der Waals surface area contributed by atoms with Gasteiger partial charge in [-0.1, -0.05) is 6.07 Å². The molecular formula is C18H14F2N2O4S. The number of anilines is 1. The molecule has 1 aromatic heterocycles. The molecular weight excluding hydrogens is 378 g/mol. The molecule has 27 heavy (non-hydrogen) atoms. The van der Waals surface area contributed by atoms with Crippen LogP contribution in [0.5, 0.6) is 0 Å². The minimum absolute atomic E-state index is 0.0332. The van der Waals surface area contributed by atoms with Crippen LogP contribution >= 0.6 is 0 Å². The van der Waals surface area contributed by atoms with E-state index in [1.807, 2.05) is 0 Å². The van der Waals surface area contributed by atoms with Crippen LogP contribution in [-0.4, -0.2) is 14.3 Å². The molecule has 0 bridgehead atoms. The van der Waals surface area contributed by atoms with E-state index in [4.69, 9.17) is 4.42 Å². The normalized spacial score (nSPS) is 11.3. The number of hydrogen-bond acceptors (Lipinski definition) is 4. The van der Waals surface area contributed by atoms with Gasteiger partial charge in [-0.15, -0.1) is 0 Å². The molecule has 0 aliphatic heterocycles. The topological polar surface area (TPSA) is 88.4 Å². The number of carbonyl (C=O) groups excluding carboxylic acids is 1. The number of nitrogens with one attached hydrogen (secondary N) is 2. The largest absolute Gasteiger partial charge is 0.468 e. The average molecular weight is 392 g/mol. The van der Waals surface area contributed by atoms with Gasteiger partial charge in [-0.3, -0.25) is 4.79 Å². The molecule has 6 nitrogen and oxygen atoms in total. The second-order valence-corrected chi connectivity index (χ2v) is 7.31. The van der Waals surface area contributed by atoms with Crippen molar-refractivity contribution in [2.75, 3.05) is 5.32 Å². The molecule has 0 saturated carbocycles. The van der Waals surface area contributed by atoms with Gasteiger partial charge in [0.15, 0.2) is 0 Å². The minimum Gasteiger partial charge on any atom is -0.468 e. The average Bonchev–Trinajstić information content (AvgIpc) is 3.13. The van der Waals surface area contributed by atoms with Gasteiger partial charge in [0.1, 0.15) is 17.4 Å². The second-order valence-electron chi connectivity index (χ2n) is 5.54. The Kier molecular flexibility index (Phi) is 5.33. The van der Waals surface area contributed by atoms with Crippen LogP contribution in [0.15, 0.2) is 70.2 Å². The molecule has 0 saturated heterocycles. The third-order valence-corrected chi connectivity index (χ3v) is 4.94. The summed E-state index contributed by atoms with van der Waals surface area (Å²) < 4.78 is 58.6. The smallest absolute Gasteiger partial charge is 0.255 e. The van der Waals surface area contributed by atoms with Crippen molar-refractivity contribution < 1.29 is 26.4 Å². The first kappa shape index (κ1) is 18.7. The van der Waals surface area contributed by atoms with Crippen LogP contribution in [-0.2, 0) is 16.6 Å². The fourth-order valence-electron chi connectivity index (χ4n) is 2.29. The number of sulfonamides is 1. The second kappa shape index (κ2) is 7.68. The van der Waals surface area contributed by atoms with Gasteiger partial charge in [0.2, 0.25) is 10.0 Å². The molecule has 1 heterocycles. The summed E-state index contributed by atoms with van der Waals surface area (Å²) in [6.45, 7) is -0.0332. The number of rotatable bonds is 6. The SMILES string of the molecule is O=C(Nc1cccc(S(=O)(=O)NCc2ccco2)c1)c1cc(F)cc(F)c1. The molecule has 0 fully saturated rings. The summed E-state index contributed by atoms with van der Waals surface area (Å²) in [5.74, 6) is -2.11. The van der Waals surface area contributed by atoms with Gasteiger partial charge in [-0.25, -0.2) is 21.9 Å². The first-order valence-corrected chi connectivity index (χ1v) is 9.21. The fourth-order valence-corrected chi connectivity index (χ4v) is 3.33. The Bertz CT molecular complexity index is 1050. The maximum atomic E-state index is 13.2. The molecule has 140 valence electrons. The highest BCUT2D eigenvalue weighted by molar-refractivity contribution is 7.89. The van der Waals surface area contributed by atoms with E-state index in [0.29, 0.717) is 11.8 Å². The van der Waals surface area contributed by atoms with E-state index >= 15 is 0 Å². The molecule has 9 heteroatoms. The van der Waals surface area contributed by atoms with E-state index in [1.54, 1.807) is 12.1 Å². The van der Waals surface area contributed by atoms with Crippen LogP contribution in [0.3, 0.4) is 0 Å². The van der Waals surface area contributed by atoms with Crippen LogP contribution in [0.1, 0.15) is 16.1 Å². The van der Waals surface area contributed by atoms with Crippen LogP contribution in [0.25, 0.3) is 0 Å². The Morgan fingerprint density at radius 2 is 1.74 bits per heavy atom. The van der Waals surface area contributed by atoms with E-state index in [-0.39, 0.29) is 22.7 Å². The molecule has 0 spiro atoms. The summed E-state index contributed by atoms with van der Waals surface area (Å²) in [5.41, 5.74) is -0.0674. The monoisotopic (exact) mass is 392 g/mol. The quantitative estimate of drug-likeness (QED) is 0.674. The number of hydrogen-bond donors (Lipinski definition) is 2. The first-order chi connectivity index (χ1) is 12.8. The summed E-state index contributed by atoms with van der Waals surface area (Å²) in [5, 5.41) is 2.41. The molecule has 0 unspecified atom stereocenters. The molecule has 2 N–H and O–H groups in total. The Balaban J connectivity index is 1.75. The summed E-state index contributed by atoms with van der Waals surface area (Å²) in [6.07, 6.45) is 1.43. The van der Waals surface area contributed by atoms with Gasteiger partial charge in [-0.05, 0) is 42.5 Å². The van der Waals surface area contributed by atoms with Crippen LogP contribution in [0, 0.1) is 11.6 Å². The fraction of sp³-hybridized carbons (Fsp3) is 0.0556. The van der Waals surface area contributed by atoms with E-state index in [1.165, 1.54) is 30.5 Å². The number of furan rings is 1. The van der Waals surface area contributed by atoms with Gasteiger partial charge in [0.25, 0.3) is 5.91 Å². The molecule has 0 atom stereocenters. The van der Waals surface area contributed by atoms with E-state index in [0.717, 1.165) is 12.1 Å². The number of carbonyl (C=O) groups is 1. The third kappa shape index (κ3) is 4.78. The van der Waals surface area contributed by atoms with Crippen LogP contribution in [0.2, 0.25) is 0 Å². The van der Waals surface area contributed by atoms with Gasteiger partial charge >= 0.3 is 0 Å². The summed E-state index contributed by atoms with van der Waals surface area (Å²) in [6, 6.07) is 11.1. The predicted molar refractivity (Wildman–Crippen MR) is 93.5 cm³/mol. The lowest BCUT2D eigenvalue weighted by Crippen LogP contribution is -2.23. The lowest BCUT2D eigenvalue weighted by molar-refractivity contribution is 0.102. The number of halogens is 2. The molecule has 0 radical (unpaired) electrons. The summed E-state index contributed by atoms with van der Waals surface area (Å²) in [7, 11) is -3.85. The van der Waals surface area contributed by atoms with Crippen molar-refractivity contribution in [1.82, 2.24) is 4.72 Å². The van der Waals surface area contributed by atoms with Gasteiger partial charge < -0.3 is 9.73 Å². The molecule has 2 aromatic carbocycles. The van der Waals surface area contributed by atoms with Crippen molar-refractivity contribution in [2.45, 2.75) is 11.4 Å². The van der Waals surface area contributed by atoms with Crippen LogP contribution in [0.4, 0.5) is 14.5 Å². The predicted octanol–water partition coefficient (Wildman–Crippen LogP) is 3.29. The Hall–Kier alpha value is -3.04. The zero-order valence-electron chi connectivity index (χ0n) is 13.8. The lowest BCUT2D eigenvalue weighted by atomic mass is 10.2. The van der Waals surface area contributed by atoms with Gasteiger partial charge in [0.05, 0.1) is 17.7 Å². The summed E-state index contributed by atoms with van der Waals surface area (Å²) in [4.78, 5) is 12.1. The Morgan fingerprint density at radius 1 is 1.00 bits per heavy atom. The standard InChI is InChI=1S/C18H14F2N2O4S/c19-13-7-12(8-14(20)9-13)18(23)22-15-3-1-5-17(10-15)27(24,25)21-11-16-4-2-6-26-16/h1-10,21H,11H2,(H,22,23). The van der Waals surface area contributed by atoms with E-state index in [2.05, 4.69) is 10.0 Å². The number of benzene rings is 2. The lowest BCUT2D eigenvalue weighted by Gasteiger charge is -2.09. The van der Waals surface area contributed by atoms with Gasteiger partial charge in [-0.2, -0.15) is 0 Å². The molecule has 0 aliphatic rings. The highest BCUT2D eigenvalue weighted by atomic mass is 32.2. The molecule has 0 aliphatic carbocycles. The zero-order valence-corrected chi connectivity index (χ0v) is 14.6. The highest BCUT2D eigenvalue weighted by Gasteiger charge is 2.16. The molecule has 3 rings (SSSR count). The third-order valence-electron chi connectivity index (χ3n) is 3.54. The Labute approximate surface area is 153 Å². The first-order valence-electron chi connectivity index (χ1n) is 7.73. The number of amides is 1. The van der Waals surface area contributed by atoms with Crippen molar-refractivity contribution in [2.24, 2.45) is 0 Å². The van der Waals surface area contributed by atoms with Crippen molar-refractivity contribution in [1.29, 1.82) is 0 Å². The summed E-state index contributed by atoms with van der Waals surface area (Å²) >= 11 is 0. The molecule has 3 aromatic rings. The van der Waals surface area contributed by atoms with E-state index in [9.17, 15) is 22.0 Å².